The third kappa shape index (κ3) is 3.08. The number of benzene rings is 1. The molecule has 32 heavy (non-hydrogen) atoms. The van der Waals surface area contributed by atoms with Gasteiger partial charge in [0.1, 0.15) is 10.6 Å². The standard InChI is InChI=1S/C23H19N3O4S2/c1-4-30-22(29)16-12(3)24-23-26(18(16)15-6-5-9-31-15)21(28)19(32-23)17-13-10-11(2)7-8-14(13)25-20(17)27/h5-10,18H,4H2,1-3H3,(H,25,27)/b19-17-/t18-/m0/s1. The van der Waals surface area contributed by atoms with Crippen LogP contribution in [-0.2, 0) is 14.3 Å². The zero-order valence-electron chi connectivity index (χ0n) is 17.6. The summed E-state index contributed by atoms with van der Waals surface area (Å²) in [5, 5.41) is 4.74. The Balaban J connectivity index is 1.82. The van der Waals surface area contributed by atoms with Crippen molar-refractivity contribution in [2.75, 3.05) is 11.9 Å². The Labute approximate surface area is 191 Å². The van der Waals surface area contributed by atoms with Crippen LogP contribution in [0.25, 0.3) is 5.57 Å². The summed E-state index contributed by atoms with van der Waals surface area (Å²) in [6, 6.07) is 8.75. The van der Waals surface area contributed by atoms with Gasteiger partial charge in [0.2, 0.25) is 0 Å². The summed E-state index contributed by atoms with van der Waals surface area (Å²) in [5.74, 6) is -0.811. The summed E-state index contributed by atoms with van der Waals surface area (Å²) in [5.41, 5.74) is 3.21. The average molecular weight is 466 g/mol. The molecule has 3 aromatic rings. The molecule has 0 bridgehead atoms. The van der Waals surface area contributed by atoms with Crippen molar-refractivity contribution in [3.8, 4) is 0 Å². The molecule has 7 nitrogen and oxygen atoms in total. The summed E-state index contributed by atoms with van der Waals surface area (Å²) in [6.45, 7) is 5.64. The number of anilines is 1. The van der Waals surface area contributed by atoms with Gasteiger partial charge in [-0.15, -0.1) is 11.3 Å². The summed E-state index contributed by atoms with van der Waals surface area (Å²) in [4.78, 5) is 45.2. The average Bonchev–Trinajstić information content (AvgIpc) is 3.45. The number of nitrogens with zero attached hydrogens (tertiary/aromatic N) is 2. The number of thiophene rings is 1. The number of fused-ring (bicyclic) bond motifs is 2. The van der Waals surface area contributed by atoms with Crippen LogP contribution in [0.5, 0.6) is 0 Å². The first-order valence-corrected chi connectivity index (χ1v) is 11.8. The van der Waals surface area contributed by atoms with Crippen LogP contribution >= 0.6 is 22.7 Å². The monoisotopic (exact) mass is 465 g/mol. The molecule has 1 atom stereocenters. The Hall–Kier alpha value is -3.30. The molecule has 1 amide bonds. The minimum Gasteiger partial charge on any atom is -0.463 e. The van der Waals surface area contributed by atoms with Crippen molar-refractivity contribution in [3.63, 3.8) is 0 Å². The molecule has 162 valence electrons. The Morgan fingerprint density at radius 3 is 2.78 bits per heavy atom. The lowest BCUT2D eigenvalue weighted by atomic mass is 10.0. The van der Waals surface area contributed by atoms with Crippen molar-refractivity contribution in [1.29, 1.82) is 0 Å². The molecule has 9 heteroatoms. The minimum atomic E-state index is -0.652. The predicted octanol–water partition coefficient (Wildman–Crippen LogP) is 2.49. The number of esters is 1. The first-order chi connectivity index (χ1) is 15.4. The highest BCUT2D eigenvalue weighted by molar-refractivity contribution is 7.10. The maximum Gasteiger partial charge on any atom is 0.338 e. The topological polar surface area (TPSA) is 89.8 Å². The summed E-state index contributed by atoms with van der Waals surface area (Å²) in [7, 11) is 0. The van der Waals surface area contributed by atoms with Crippen LogP contribution in [0.3, 0.4) is 0 Å². The van der Waals surface area contributed by atoms with E-state index >= 15 is 0 Å². The molecule has 2 aliphatic heterocycles. The number of carbonyl (C=O) groups excluding carboxylic acids is 2. The molecule has 2 aromatic heterocycles. The molecule has 0 spiro atoms. The molecule has 5 rings (SSSR count). The predicted molar refractivity (Wildman–Crippen MR) is 123 cm³/mol. The van der Waals surface area contributed by atoms with E-state index in [2.05, 4.69) is 10.3 Å². The normalized spacial score (nSPS) is 18.7. The maximum absolute atomic E-state index is 13.7. The number of carbonyl (C=O) groups is 2. The fourth-order valence-electron chi connectivity index (χ4n) is 4.06. The Kier molecular flexibility index (Phi) is 4.94. The molecule has 4 heterocycles. The number of hydrogen-bond donors (Lipinski definition) is 1. The highest BCUT2D eigenvalue weighted by Crippen LogP contribution is 2.34. The molecule has 0 unspecified atom stereocenters. The van der Waals surface area contributed by atoms with E-state index < -0.39 is 12.0 Å². The smallest absolute Gasteiger partial charge is 0.338 e. The van der Waals surface area contributed by atoms with Crippen LogP contribution in [0.15, 0.2) is 56.8 Å². The van der Waals surface area contributed by atoms with E-state index in [1.54, 1.807) is 13.8 Å². The number of rotatable bonds is 3. The third-order valence-electron chi connectivity index (χ3n) is 5.45. The molecule has 0 aliphatic carbocycles. The van der Waals surface area contributed by atoms with Crippen molar-refractivity contribution in [1.82, 2.24) is 4.57 Å². The van der Waals surface area contributed by atoms with E-state index in [1.807, 2.05) is 42.6 Å². The molecule has 0 radical (unpaired) electrons. The molecular weight excluding hydrogens is 446 g/mol. The zero-order valence-corrected chi connectivity index (χ0v) is 19.2. The van der Waals surface area contributed by atoms with E-state index in [0.717, 1.165) is 10.4 Å². The van der Waals surface area contributed by atoms with Gasteiger partial charge in [-0.1, -0.05) is 29.0 Å². The van der Waals surface area contributed by atoms with Crippen LogP contribution in [-0.4, -0.2) is 23.1 Å². The fourth-order valence-corrected chi connectivity index (χ4v) is 6.03. The lowest BCUT2D eigenvalue weighted by Crippen LogP contribution is -2.40. The summed E-state index contributed by atoms with van der Waals surface area (Å²) in [6.07, 6.45) is 0. The number of aryl methyl sites for hydroxylation is 1. The van der Waals surface area contributed by atoms with Crippen LogP contribution < -0.4 is 20.2 Å². The number of allylic oxidation sites excluding steroid dienone is 1. The highest BCUT2D eigenvalue weighted by Gasteiger charge is 2.35. The molecule has 0 saturated heterocycles. The van der Waals surface area contributed by atoms with Gasteiger partial charge in [0.05, 0.1) is 23.5 Å². The number of aromatic nitrogens is 1. The second-order valence-electron chi connectivity index (χ2n) is 7.52. The van der Waals surface area contributed by atoms with Crippen molar-refractivity contribution in [2.45, 2.75) is 26.8 Å². The minimum absolute atomic E-state index is 0.220. The van der Waals surface area contributed by atoms with Crippen molar-refractivity contribution in [3.05, 3.63) is 82.7 Å². The Morgan fingerprint density at radius 2 is 2.06 bits per heavy atom. The van der Waals surface area contributed by atoms with Gasteiger partial charge in [0.15, 0.2) is 4.80 Å². The van der Waals surface area contributed by atoms with Gasteiger partial charge in [-0.2, -0.15) is 0 Å². The van der Waals surface area contributed by atoms with Gasteiger partial charge in [-0.05, 0) is 44.4 Å². The van der Waals surface area contributed by atoms with E-state index in [-0.39, 0.29) is 18.1 Å². The molecule has 0 fully saturated rings. The highest BCUT2D eigenvalue weighted by atomic mass is 32.1. The number of amides is 1. The second kappa shape index (κ2) is 7.68. The maximum atomic E-state index is 13.7. The lowest BCUT2D eigenvalue weighted by molar-refractivity contribution is -0.139. The molecule has 1 aromatic carbocycles. The number of thiazole rings is 1. The van der Waals surface area contributed by atoms with E-state index in [9.17, 15) is 14.4 Å². The zero-order chi connectivity index (χ0) is 22.6. The van der Waals surface area contributed by atoms with E-state index in [1.165, 1.54) is 27.2 Å². The summed E-state index contributed by atoms with van der Waals surface area (Å²) >= 11 is 2.62. The Morgan fingerprint density at radius 1 is 1.25 bits per heavy atom. The van der Waals surface area contributed by atoms with Crippen LogP contribution in [0.4, 0.5) is 5.69 Å². The van der Waals surface area contributed by atoms with Gasteiger partial charge >= 0.3 is 5.97 Å². The van der Waals surface area contributed by atoms with Crippen LogP contribution in [0.2, 0.25) is 0 Å². The van der Waals surface area contributed by atoms with Crippen LogP contribution in [0, 0.1) is 6.92 Å². The molecule has 2 aliphatic rings. The lowest BCUT2D eigenvalue weighted by Gasteiger charge is -2.23. The summed E-state index contributed by atoms with van der Waals surface area (Å²) < 4.78 is 7.11. The van der Waals surface area contributed by atoms with Crippen LogP contribution in [0.1, 0.15) is 35.9 Å². The van der Waals surface area contributed by atoms with Gasteiger partial charge in [0.25, 0.3) is 11.5 Å². The number of nitrogens with one attached hydrogen (secondary N) is 1. The number of ether oxygens (including phenoxy) is 1. The van der Waals surface area contributed by atoms with E-state index in [0.29, 0.717) is 37.4 Å². The van der Waals surface area contributed by atoms with Gasteiger partial charge in [-0.3, -0.25) is 14.2 Å². The fraction of sp³-hybridized carbons (Fsp3) is 0.217. The quantitative estimate of drug-likeness (QED) is 0.602. The van der Waals surface area contributed by atoms with E-state index in [4.69, 9.17) is 4.74 Å². The SMILES string of the molecule is CCOC(=O)C1=C(C)N=c2s/c(=C3\C(=O)Nc4ccc(C)cc43)c(=O)n2[C@H]1c1cccs1. The third-order valence-corrected chi connectivity index (χ3v) is 7.43. The first kappa shape index (κ1) is 20.6. The number of hydrogen-bond acceptors (Lipinski definition) is 7. The second-order valence-corrected chi connectivity index (χ2v) is 9.47. The van der Waals surface area contributed by atoms with Gasteiger partial charge in [0, 0.05) is 16.1 Å². The van der Waals surface area contributed by atoms with Crippen molar-refractivity contribution >= 4 is 45.8 Å². The van der Waals surface area contributed by atoms with Gasteiger partial charge < -0.3 is 10.1 Å². The molecular formula is C23H19N3O4S2. The Bertz CT molecular complexity index is 1490. The largest absolute Gasteiger partial charge is 0.463 e. The van der Waals surface area contributed by atoms with Gasteiger partial charge in [-0.25, -0.2) is 9.79 Å². The van der Waals surface area contributed by atoms with Crippen molar-refractivity contribution < 1.29 is 14.3 Å². The molecule has 1 N–H and O–H groups in total. The van der Waals surface area contributed by atoms with Crippen molar-refractivity contribution in [2.24, 2.45) is 4.99 Å². The first-order valence-electron chi connectivity index (χ1n) is 10.1. The molecule has 0 saturated carbocycles.